The van der Waals surface area contributed by atoms with E-state index >= 15 is 0 Å². The van der Waals surface area contributed by atoms with E-state index < -0.39 is 106 Å². The first kappa shape index (κ1) is 53.8. The van der Waals surface area contributed by atoms with Crippen LogP contribution in [0.5, 0.6) is 0 Å². The SMILES string of the molecule is CC1(C)OC[C@H]([C@@H]2O[C@@H](O)[C@H](OC(=O)c3ccccc3)[C@H]2O[C@@H]2O[C@@H]([C@@H](CO[Si](C)(C)C(C)(C)C)O[Si](C)(C)C(C)(C)C)[C@H](O[Si](C)(C)C(C)(C)C)[C@H]2O[Si](C)(C)C(C)(C)C)O1. The molecular formula is C46H86O12Si4. The topological polar surface area (TPSA) is 130 Å². The Morgan fingerprint density at radius 2 is 1.21 bits per heavy atom. The molecule has 1 aromatic carbocycles. The van der Waals surface area contributed by atoms with Gasteiger partial charge in [-0.05, 0) is 98.5 Å². The van der Waals surface area contributed by atoms with Gasteiger partial charge in [-0.25, -0.2) is 4.79 Å². The maximum atomic E-state index is 13.7. The van der Waals surface area contributed by atoms with Crippen molar-refractivity contribution < 1.29 is 56.0 Å². The number of benzene rings is 1. The van der Waals surface area contributed by atoms with Gasteiger partial charge in [0, 0.05) is 0 Å². The Hall–Kier alpha value is -0.842. The van der Waals surface area contributed by atoms with E-state index in [0.717, 1.165) is 0 Å². The Morgan fingerprint density at radius 3 is 1.68 bits per heavy atom. The fraction of sp³-hybridized carbons (Fsp3) is 0.848. The second kappa shape index (κ2) is 18.7. The molecule has 0 aromatic heterocycles. The quantitative estimate of drug-likeness (QED) is 0.133. The average Bonchev–Trinajstić information content (AvgIpc) is 3.73. The Morgan fingerprint density at radius 1 is 0.710 bits per heavy atom. The fourth-order valence-corrected chi connectivity index (χ4v) is 11.6. The van der Waals surface area contributed by atoms with Gasteiger partial charge in [-0.2, -0.15) is 0 Å². The summed E-state index contributed by atoms with van der Waals surface area (Å²) in [6.07, 6.45) is -9.13. The predicted octanol–water partition coefficient (Wildman–Crippen LogP) is 10.4. The minimum absolute atomic E-state index is 0.0488. The first-order valence-corrected chi connectivity index (χ1v) is 34.3. The lowest BCUT2D eigenvalue weighted by atomic mass is 10.0. The van der Waals surface area contributed by atoms with Gasteiger partial charge in [0.25, 0.3) is 0 Å². The molecule has 4 rings (SSSR count). The zero-order valence-electron chi connectivity index (χ0n) is 42.5. The number of aliphatic hydroxyl groups excluding tert-OH is 1. The van der Waals surface area contributed by atoms with Crippen molar-refractivity contribution in [1.29, 1.82) is 0 Å². The molecule has 0 spiro atoms. The molecule has 16 heteroatoms. The van der Waals surface area contributed by atoms with Crippen LogP contribution in [0, 0.1) is 0 Å². The number of carbonyl (C=O) groups is 1. The van der Waals surface area contributed by atoms with Crippen LogP contribution in [0.3, 0.4) is 0 Å². The Balaban J connectivity index is 1.93. The van der Waals surface area contributed by atoms with E-state index in [4.69, 9.17) is 46.1 Å². The van der Waals surface area contributed by atoms with Crippen LogP contribution in [0.1, 0.15) is 107 Å². The molecule has 358 valence electrons. The Kier molecular flexibility index (Phi) is 16.2. The van der Waals surface area contributed by atoms with E-state index in [-0.39, 0.29) is 33.4 Å². The molecule has 3 aliphatic rings. The van der Waals surface area contributed by atoms with E-state index in [2.05, 4.69) is 135 Å². The molecule has 10 atom stereocenters. The zero-order valence-corrected chi connectivity index (χ0v) is 46.5. The van der Waals surface area contributed by atoms with Gasteiger partial charge < -0.3 is 51.2 Å². The Bertz CT molecular complexity index is 1640. The Labute approximate surface area is 379 Å². The van der Waals surface area contributed by atoms with Crippen LogP contribution in [0.2, 0.25) is 72.5 Å². The highest BCUT2D eigenvalue weighted by molar-refractivity contribution is 6.75. The third-order valence-corrected chi connectivity index (χ3v) is 32.8. The molecule has 0 bridgehead atoms. The number of hydrogen-bond acceptors (Lipinski definition) is 12. The highest BCUT2D eigenvalue weighted by Gasteiger charge is 2.61. The van der Waals surface area contributed by atoms with Crippen LogP contribution in [0.15, 0.2) is 30.3 Å². The second-order valence-corrected chi connectivity index (χ2v) is 43.4. The highest BCUT2D eigenvalue weighted by Crippen LogP contribution is 2.48. The number of aliphatic hydroxyl groups is 1. The zero-order chi connectivity index (χ0) is 47.4. The maximum absolute atomic E-state index is 13.7. The van der Waals surface area contributed by atoms with Crippen molar-refractivity contribution in [3.63, 3.8) is 0 Å². The molecule has 1 aromatic rings. The lowest BCUT2D eigenvalue weighted by molar-refractivity contribution is -0.226. The summed E-state index contributed by atoms with van der Waals surface area (Å²) in [7, 11) is -9.92. The monoisotopic (exact) mass is 943 g/mol. The molecule has 0 amide bonds. The number of ether oxygens (including phenoxy) is 6. The summed E-state index contributed by atoms with van der Waals surface area (Å²) in [6, 6.07) is 8.67. The molecule has 0 aliphatic carbocycles. The summed E-state index contributed by atoms with van der Waals surface area (Å²) in [6.45, 7) is 48.8. The second-order valence-electron chi connectivity index (χ2n) is 24.3. The van der Waals surface area contributed by atoms with Crippen LogP contribution in [-0.2, 0) is 46.1 Å². The maximum Gasteiger partial charge on any atom is 0.338 e. The first-order valence-electron chi connectivity index (χ1n) is 22.7. The highest BCUT2D eigenvalue weighted by atomic mass is 28.4. The van der Waals surface area contributed by atoms with Crippen LogP contribution < -0.4 is 0 Å². The van der Waals surface area contributed by atoms with E-state index in [9.17, 15) is 9.90 Å². The van der Waals surface area contributed by atoms with E-state index in [1.54, 1.807) is 24.3 Å². The minimum atomic E-state index is -2.60. The van der Waals surface area contributed by atoms with Gasteiger partial charge in [0.2, 0.25) is 0 Å². The lowest BCUT2D eigenvalue weighted by Gasteiger charge is -2.46. The molecule has 3 fully saturated rings. The molecule has 0 saturated carbocycles. The first-order chi connectivity index (χ1) is 27.8. The summed E-state index contributed by atoms with van der Waals surface area (Å²) in [4.78, 5) is 13.7. The van der Waals surface area contributed by atoms with Gasteiger partial charge in [-0.15, -0.1) is 0 Å². The average molecular weight is 944 g/mol. The van der Waals surface area contributed by atoms with Crippen LogP contribution >= 0.6 is 0 Å². The summed E-state index contributed by atoms with van der Waals surface area (Å²) in [5.41, 5.74) is 0.329. The fourth-order valence-electron chi connectivity index (χ4n) is 6.65. The van der Waals surface area contributed by atoms with Crippen molar-refractivity contribution in [3.05, 3.63) is 35.9 Å². The summed E-state index contributed by atoms with van der Waals surface area (Å²) < 4.78 is 68.7. The molecule has 62 heavy (non-hydrogen) atoms. The summed E-state index contributed by atoms with van der Waals surface area (Å²) in [5.74, 6) is -1.54. The van der Waals surface area contributed by atoms with Crippen molar-refractivity contribution in [2.45, 2.75) is 237 Å². The van der Waals surface area contributed by atoms with Crippen LogP contribution in [0.4, 0.5) is 0 Å². The van der Waals surface area contributed by atoms with E-state index in [0.29, 0.717) is 5.56 Å². The number of carbonyl (C=O) groups excluding carboxylic acids is 1. The van der Waals surface area contributed by atoms with Crippen LogP contribution in [-0.4, -0.2) is 125 Å². The standard InChI is InChI=1S/C46H86O12Si4/c1-42(2,3)59(15,16)50-29-32(56-60(17,18)43(4,5)6)34-36(57-61(19,20)44(7,8)9)38(58-62(21,22)45(10,11)12)41(53-34)54-35-33(31-28-49-46(13,14)55-31)51-40(48)37(35)52-39(47)30-26-24-23-25-27-30/h23-27,31-38,40-41,48H,28-29H2,1-22H3/t31-,32-,33+,34+,35+,36+,37-,38-,40-,41+/m1/s1. The van der Waals surface area contributed by atoms with Gasteiger partial charge in [-0.1, -0.05) is 101 Å². The molecule has 0 unspecified atom stereocenters. The van der Waals surface area contributed by atoms with Gasteiger partial charge in [0.1, 0.15) is 36.6 Å². The summed E-state index contributed by atoms with van der Waals surface area (Å²) in [5, 5.41) is 11.1. The van der Waals surface area contributed by atoms with Crippen molar-refractivity contribution >= 4 is 39.2 Å². The van der Waals surface area contributed by atoms with Gasteiger partial charge in [0.05, 0.1) is 24.9 Å². The van der Waals surface area contributed by atoms with Gasteiger partial charge in [0.15, 0.2) is 57.7 Å². The lowest BCUT2D eigenvalue weighted by Crippen LogP contribution is -2.58. The number of rotatable bonds is 15. The molecular weight excluding hydrogens is 857 g/mol. The number of esters is 1. The molecule has 3 heterocycles. The van der Waals surface area contributed by atoms with Crippen molar-refractivity contribution in [2.24, 2.45) is 0 Å². The van der Waals surface area contributed by atoms with Crippen molar-refractivity contribution in [2.75, 3.05) is 13.2 Å². The minimum Gasteiger partial charge on any atom is -0.450 e. The smallest absolute Gasteiger partial charge is 0.338 e. The predicted molar refractivity (Wildman–Crippen MR) is 254 cm³/mol. The largest absolute Gasteiger partial charge is 0.450 e. The van der Waals surface area contributed by atoms with Crippen molar-refractivity contribution in [1.82, 2.24) is 0 Å². The molecule has 12 nitrogen and oxygen atoms in total. The van der Waals surface area contributed by atoms with Gasteiger partial charge >= 0.3 is 5.97 Å². The normalized spacial score (nSPS) is 29.9. The molecule has 0 radical (unpaired) electrons. The van der Waals surface area contributed by atoms with Crippen molar-refractivity contribution in [3.8, 4) is 0 Å². The number of hydrogen-bond donors (Lipinski definition) is 1. The molecule has 3 aliphatic heterocycles. The third kappa shape index (κ3) is 12.4. The summed E-state index contributed by atoms with van der Waals surface area (Å²) >= 11 is 0. The molecule has 1 N–H and O–H groups in total. The molecule has 3 saturated heterocycles. The van der Waals surface area contributed by atoms with E-state index in [1.165, 1.54) is 0 Å². The third-order valence-electron chi connectivity index (χ3n) is 14.9. The van der Waals surface area contributed by atoms with Gasteiger partial charge in [-0.3, -0.25) is 0 Å². The van der Waals surface area contributed by atoms with Crippen LogP contribution in [0.25, 0.3) is 0 Å². The van der Waals surface area contributed by atoms with E-state index in [1.807, 2.05) is 19.9 Å².